The van der Waals surface area contributed by atoms with Crippen LogP contribution < -0.4 is 5.32 Å². The van der Waals surface area contributed by atoms with Crippen molar-refractivity contribution in [3.05, 3.63) is 23.7 Å². The number of carbonyl (C=O) groups is 1. The Morgan fingerprint density at radius 3 is 3.00 bits per heavy atom. The standard InChI is InChI=1S/C13H18N2O2/c1-8-5-10-6-14-7-11(10)15(8)13(16)12-4-3-9(2)17-12/h3-4,8,10-11,14H,5-7H2,1-2H3. The molecule has 3 rings (SSSR count). The second-order valence-corrected chi connectivity index (χ2v) is 5.19. The molecular weight excluding hydrogens is 216 g/mol. The lowest BCUT2D eigenvalue weighted by atomic mass is 10.0. The predicted octanol–water partition coefficient (Wildman–Crippen LogP) is 1.41. The highest BCUT2D eigenvalue weighted by Gasteiger charge is 2.44. The van der Waals surface area contributed by atoms with Gasteiger partial charge in [-0.25, -0.2) is 0 Å². The van der Waals surface area contributed by atoms with E-state index >= 15 is 0 Å². The predicted molar refractivity (Wildman–Crippen MR) is 63.8 cm³/mol. The van der Waals surface area contributed by atoms with E-state index in [1.165, 1.54) is 0 Å². The fourth-order valence-corrected chi connectivity index (χ4v) is 3.19. The minimum absolute atomic E-state index is 0.0433. The van der Waals surface area contributed by atoms with Crippen molar-refractivity contribution in [2.24, 2.45) is 5.92 Å². The van der Waals surface area contributed by atoms with Crippen LogP contribution in [0.2, 0.25) is 0 Å². The van der Waals surface area contributed by atoms with Crippen molar-refractivity contribution in [2.75, 3.05) is 13.1 Å². The van der Waals surface area contributed by atoms with Gasteiger partial charge in [0.15, 0.2) is 5.76 Å². The molecule has 2 saturated heterocycles. The second-order valence-electron chi connectivity index (χ2n) is 5.19. The van der Waals surface area contributed by atoms with Gasteiger partial charge < -0.3 is 14.6 Å². The lowest BCUT2D eigenvalue weighted by molar-refractivity contribution is 0.0648. The van der Waals surface area contributed by atoms with Gasteiger partial charge in [0.25, 0.3) is 5.91 Å². The number of carbonyl (C=O) groups excluding carboxylic acids is 1. The maximum Gasteiger partial charge on any atom is 0.290 e. The third-order valence-electron chi connectivity index (χ3n) is 3.97. The first-order valence-electron chi connectivity index (χ1n) is 6.26. The maximum atomic E-state index is 12.4. The van der Waals surface area contributed by atoms with Gasteiger partial charge in [-0.15, -0.1) is 0 Å². The monoisotopic (exact) mass is 234 g/mol. The molecule has 0 spiro atoms. The molecule has 17 heavy (non-hydrogen) atoms. The van der Waals surface area contributed by atoms with E-state index < -0.39 is 0 Å². The lowest BCUT2D eigenvalue weighted by Crippen LogP contribution is -2.42. The first-order valence-corrected chi connectivity index (χ1v) is 6.26. The molecule has 3 atom stereocenters. The van der Waals surface area contributed by atoms with Gasteiger partial charge in [0.05, 0.1) is 0 Å². The summed E-state index contributed by atoms with van der Waals surface area (Å²) in [5.74, 6) is 1.93. The Morgan fingerprint density at radius 2 is 2.29 bits per heavy atom. The summed E-state index contributed by atoms with van der Waals surface area (Å²) >= 11 is 0. The molecule has 0 aliphatic carbocycles. The van der Waals surface area contributed by atoms with Crippen LogP contribution in [-0.4, -0.2) is 36.0 Å². The van der Waals surface area contributed by atoms with E-state index in [4.69, 9.17) is 4.42 Å². The van der Waals surface area contributed by atoms with Gasteiger partial charge >= 0.3 is 0 Å². The van der Waals surface area contributed by atoms with Crippen LogP contribution in [0.3, 0.4) is 0 Å². The minimum atomic E-state index is 0.0433. The van der Waals surface area contributed by atoms with Crippen molar-refractivity contribution in [2.45, 2.75) is 32.4 Å². The Hall–Kier alpha value is -1.29. The van der Waals surface area contributed by atoms with Crippen LogP contribution in [0.15, 0.2) is 16.5 Å². The molecule has 4 nitrogen and oxygen atoms in total. The molecule has 0 bridgehead atoms. The summed E-state index contributed by atoms with van der Waals surface area (Å²) < 4.78 is 5.44. The van der Waals surface area contributed by atoms with Crippen LogP contribution in [0, 0.1) is 12.8 Å². The number of rotatable bonds is 1. The van der Waals surface area contributed by atoms with Crippen LogP contribution in [-0.2, 0) is 0 Å². The SMILES string of the molecule is Cc1ccc(C(=O)N2C(C)CC3CNCC32)o1. The first kappa shape index (κ1) is 10.8. The topological polar surface area (TPSA) is 45.5 Å². The third-order valence-corrected chi connectivity index (χ3v) is 3.97. The highest BCUT2D eigenvalue weighted by molar-refractivity contribution is 5.92. The lowest BCUT2D eigenvalue weighted by Gasteiger charge is -2.26. The van der Waals surface area contributed by atoms with Crippen LogP contribution in [0.25, 0.3) is 0 Å². The Labute approximate surface area is 101 Å². The van der Waals surface area contributed by atoms with E-state index in [2.05, 4.69) is 12.2 Å². The molecule has 2 fully saturated rings. The van der Waals surface area contributed by atoms with E-state index in [1.54, 1.807) is 6.07 Å². The number of amides is 1. The molecule has 92 valence electrons. The summed E-state index contributed by atoms with van der Waals surface area (Å²) in [7, 11) is 0. The zero-order chi connectivity index (χ0) is 12.0. The number of furan rings is 1. The molecule has 2 aliphatic rings. The number of hydrogen-bond donors (Lipinski definition) is 1. The third kappa shape index (κ3) is 1.67. The highest BCUT2D eigenvalue weighted by atomic mass is 16.3. The van der Waals surface area contributed by atoms with E-state index in [0.29, 0.717) is 23.8 Å². The van der Waals surface area contributed by atoms with Gasteiger partial charge in [0.2, 0.25) is 0 Å². The van der Waals surface area contributed by atoms with Gasteiger partial charge in [0, 0.05) is 25.2 Å². The van der Waals surface area contributed by atoms with Crippen LogP contribution >= 0.6 is 0 Å². The van der Waals surface area contributed by atoms with Crippen LogP contribution in [0.4, 0.5) is 0 Å². The number of hydrogen-bond acceptors (Lipinski definition) is 3. The summed E-state index contributed by atoms with van der Waals surface area (Å²) in [5.41, 5.74) is 0. The molecule has 2 aliphatic heterocycles. The Balaban J connectivity index is 1.85. The molecule has 3 heterocycles. The molecule has 4 heteroatoms. The van der Waals surface area contributed by atoms with E-state index in [-0.39, 0.29) is 5.91 Å². The summed E-state index contributed by atoms with van der Waals surface area (Å²) in [6.45, 7) is 5.95. The summed E-state index contributed by atoms with van der Waals surface area (Å²) in [6, 6.07) is 4.30. The zero-order valence-electron chi connectivity index (χ0n) is 10.3. The molecule has 0 saturated carbocycles. The molecular formula is C13H18N2O2. The van der Waals surface area contributed by atoms with Gasteiger partial charge in [-0.05, 0) is 38.3 Å². The van der Waals surface area contributed by atoms with E-state index in [0.717, 1.165) is 25.3 Å². The molecule has 3 unspecified atom stereocenters. The maximum absolute atomic E-state index is 12.4. The highest BCUT2D eigenvalue weighted by Crippen LogP contribution is 2.33. The van der Waals surface area contributed by atoms with Gasteiger partial charge in [-0.2, -0.15) is 0 Å². The largest absolute Gasteiger partial charge is 0.456 e. The van der Waals surface area contributed by atoms with Crippen molar-refractivity contribution in [3.8, 4) is 0 Å². The second kappa shape index (κ2) is 3.88. The van der Waals surface area contributed by atoms with Crippen LogP contribution in [0.5, 0.6) is 0 Å². The normalized spacial score (nSPS) is 31.9. The van der Waals surface area contributed by atoms with Crippen molar-refractivity contribution >= 4 is 5.91 Å². The number of aryl methyl sites for hydroxylation is 1. The minimum Gasteiger partial charge on any atom is -0.456 e. The molecule has 0 aromatic carbocycles. The quantitative estimate of drug-likeness (QED) is 0.799. The Bertz CT molecular complexity index is 440. The van der Waals surface area contributed by atoms with Gasteiger partial charge in [0.1, 0.15) is 5.76 Å². The smallest absolute Gasteiger partial charge is 0.290 e. The van der Waals surface area contributed by atoms with E-state index in [9.17, 15) is 4.79 Å². The summed E-state index contributed by atoms with van der Waals surface area (Å²) in [6.07, 6.45) is 1.10. The van der Waals surface area contributed by atoms with Gasteiger partial charge in [-0.3, -0.25) is 4.79 Å². The van der Waals surface area contributed by atoms with E-state index in [1.807, 2.05) is 17.9 Å². The summed E-state index contributed by atoms with van der Waals surface area (Å²) in [5, 5.41) is 3.36. The molecule has 1 aromatic rings. The van der Waals surface area contributed by atoms with Crippen molar-refractivity contribution in [1.82, 2.24) is 10.2 Å². The van der Waals surface area contributed by atoms with Crippen molar-refractivity contribution < 1.29 is 9.21 Å². The van der Waals surface area contributed by atoms with Gasteiger partial charge in [-0.1, -0.05) is 0 Å². The number of fused-ring (bicyclic) bond motifs is 1. The van der Waals surface area contributed by atoms with Crippen molar-refractivity contribution in [3.63, 3.8) is 0 Å². The molecule has 1 amide bonds. The average Bonchev–Trinajstić information content (AvgIpc) is 2.92. The first-order chi connectivity index (χ1) is 8.16. The zero-order valence-corrected chi connectivity index (χ0v) is 10.3. The number of likely N-dealkylation sites (tertiary alicyclic amines) is 1. The Morgan fingerprint density at radius 1 is 1.47 bits per heavy atom. The molecule has 1 N–H and O–H groups in total. The molecule has 1 aromatic heterocycles. The average molecular weight is 234 g/mol. The fourth-order valence-electron chi connectivity index (χ4n) is 3.19. The van der Waals surface area contributed by atoms with Crippen LogP contribution in [0.1, 0.15) is 29.7 Å². The summed E-state index contributed by atoms with van der Waals surface area (Å²) in [4.78, 5) is 14.4. The number of nitrogens with one attached hydrogen (secondary N) is 1. The Kier molecular flexibility index (Phi) is 2.47. The fraction of sp³-hybridized carbons (Fsp3) is 0.615. The molecule has 0 radical (unpaired) electrons. The number of nitrogens with zero attached hydrogens (tertiary/aromatic N) is 1. The van der Waals surface area contributed by atoms with Crippen molar-refractivity contribution in [1.29, 1.82) is 0 Å².